The van der Waals surface area contributed by atoms with Gasteiger partial charge in [0.25, 0.3) is 0 Å². The van der Waals surface area contributed by atoms with Crippen molar-refractivity contribution in [3.05, 3.63) is 0 Å². The largest absolute Gasteiger partial charge is 0.480 e. The number of aliphatic carboxylic acids is 1. The fourth-order valence-electron chi connectivity index (χ4n) is 1.92. The second-order valence-corrected chi connectivity index (χ2v) is 4.09. The van der Waals surface area contributed by atoms with E-state index in [1.54, 1.807) is 7.11 Å². The average molecular weight is 231 g/mol. The third-order valence-electron chi connectivity index (χ3n) is 2.80. The lowest BCUT2D eigenvalue weighted by atomic mass is 10.1. The van der Waals surface area contributed by atoms with Gasteiger partial charge in [-0.15, -0.1) is 0 Å². The molecule has 1 rings (SSSR count). The van der Waals surface area contributed by atoms with Gasteiger partial charge in [0.05, 0.1) is 6.10 Å². The molecule has 1 N–H and O–H groups in total. The SMILES string of the molecule is COCCCN1CCC(OCC(=O)O)CC1. The van der Waals surface area contributed by atoms with Crippen LogP contribution in [-0.4, -0.2) is 62.0 Å². The highest BCUT2D eigenvalue weighted by atomic mass is 16.5. The zero-order chi connectivity index (χ0) is 11.8. The van der Waals surface area contributed by atoms with Gasteiger partial charge in [-0.25, -0.2) is 4.79 Å². The molecule has 0 radical (unpaired) electrons. The molecule has 1 fully saturated rings. The van der Waals surface area contributed by atoms with Gasteiger partial charge in [0.15, 0.2) is 0 Å². The number of hydrogen-bond donors (Lipinski definition) is 1. The highest BCUT2D eigenvalue weighted by Crippen LogP contribution is 2.13. The van der Waals surface area contributed by atoms with Crippen LogP contribution in [0.4, 0.5) is 0 Å². The number of nitrogens with zero attached hydrogens (tertiary/aromatic N) is 1. The van der Waals surface area contributed by atoms with Crippen molar-refractivity contribution in [3.63, 3.8) is 0 Å². The molecule has 0 unspecified atom stereocenters. The third kappa shape index (κ3) is 5.44. The number of methoxy groups -OCH3 is 1. The number of hydrogen-bond acceptors (Lipinski definition) is 4. The minimum absolute atomic E-state index is 0.120. The van der Waals surface area contributed by atoms with Gasteiger partial charge in [-0.2, -0.15) is 0 Å². The van der Waals surface area contributed by atoms with Crippen molar-refractivity contribution in [2.24, 2.45) is 0 Å². The summed E-state index contributed by atoms with van der Waals surface area (Å²) in [5.41, 5.74) is 0. The van der Waals surface area contributed by atoms with E-state index in [0.717, 1.165) is 45.5 Å². The molecule has 0 spiro atoms. The molecule has 0 aromatic carbocycles. The lowest BCUT2D eigenvalue weighted by molar-refractivity contribution is -0.145. The van der Waals surface area contributed by atoms with Crippen molar-refractivity contribution in [1.29, 1.82) is 0 Å². The summed E-state index contributed by atoms with van der Waals surface area (Å²) >= 11 is 0. The number of carboxylic acid groups (broad SMARTS) is 1. The fourth-order valence-corrected chi connectivity index (χ4v) is 1.92. The van der Waals surface area contributed by atoms with Crippen LogP contribution >= 0.6 is 0 Å². The molecule has 1 aliphatic rings. The first kappa shape index (κ1) is 13.4. The van der Waals surface area contributed by atoms with Crippen LogP contribution in [0, 0.1) is 0 Å². The first-order valence-electron chi connectivity index (χ1n) is 5.77. The lowest BCUT2D eigenvalue weighted by Gasteiger charge is -2.31. The van der Waals surface area contributed by atoms with Crippen molar-refractivity contribution < 1.29 is 19.4 Å². The Morgan fingerprint density at radius 1 is 1.44 bits per heavy atom. The highest BCUT2D eigenvalue weighted by molar-refractivity contribution is 5.68. The summed E-state index contributed by atoms with van der Waals surface area (Å²) in [6, 6.07) is 0. The second-order valence-electron chi connectivity index (χ2n) is 4.09. The predicted molar refractivity (Wildman–Crippen MR) is 59.5 cm³/mol. The van der Waals surface area contributed by atoms with Crippen LogP contribution in [0.25, 0.3) is 0 Å². The normalized spacial score (nSPS) is 18.8. The molecule has 5 nitrogen and oxygen atoms in total. The van der Waals surface area contributed by atoms with Crippen LogP contribution in [0.2, 0.25) is 0 Å². The molecule has 0 saturated carbocycles. The zero-order valence-electron chi connectivity index (χ0n) is 9.85. The van der Waals surface area contributed by atoms with E-state index < -0.39 is 5.97 Å². The van der Waals surface area contributed by atoms with E-state index >= 15 is 0 Å². The number of likely N-dealkylation sites (tertiary alicyclic amines) is 1. The van der Waals surface area contributed by atoms with Crippen LogP contribution in [0.3, 0.4) is 0 Å². The van der Waals surface area contributed by atoms with Gasteiger partial charge in [-0.1, -0.05) is 0 Å². The molecule has 0 aliphatic carbocycles. The first-order valence-corrected chi connectivity index (χ1v) is 5.77. The molecule has 94 valence electrons. The number of carboxylic acids is 1. The Bertz CT molecular complexity index is 202. The Kier molecular flexibility index (Phi) is 6.37. The first-order chi connectivity index (χ1) is 7.72. The minimum Gasteiger partial charge on any atom is -0.480 e. The van der Waals surface area contributed by atoms with E-state index in [4.69, 9.17) is 14.6 Å². The molecule has 16 heavy (non-hydrogen) atoms. The third-order valence-corrected chi connectivity index (χ3v) is 2.80. The second kappa shape index (κ2) is 7.60. The molecule has 1 heterocycles. The summed E-state index contributed by atoms with van der Waals surface area (Å²) in [5, 5.41) is 8.49. The maximum absolute atomic E-state index is 10.3. The monoisotopic (exact) mass is 231 g/mol. The number of carbonyl (C=O) groups is 1. The highest BCUT2D eigenvalue weighted by Gasteiger charge is 2.19. The average Bonchev–Trinajstić information content (AvgIpc) is 2.28. The predicted octanol–water partition coefficient (Wildman–Crippen LogP) is 0.589. The van der Waals surface area contributed by atoms with Crippen LogP contribution in [0.1, 0.15) is 19.3 Å². The number of rotatable bonds is 7. The quantitative estimate of drug-likeness (QED) is 0.650. The molecule has 1 aliphatic heterocycles. The maximum atomic E-state index is 10.3. The summed E-state index contributed by atoms with van der Waals surface area (Å²) < 4.78 is 10.3. The molecule has 1 saturated heterocycles. The smallest absolute Gasteiger partial charge is 0.329 e. The Morgan fingerprint density at radius 3 is 2.69 bits per heavy atom. The van der Waals surface area contributed by atoms with Gasteiger partial charge in [0.1, 0.15) is 6.61 Å². The van der Waals surface area contributed by atoms with Crippen LogP contribution in [0.5, 0.6) is 0 Å². The summed E-state index contributed by atoms with van der Waals surface area (Å²) in [6.07, 6.45) is 3.03. The standard InChI is InChI=1S/C11H21NO4/c1-15-8-2-5-12-6-3-10(4-7-12)16-9-11(13)14/h10H,2-9H2,1H3,(H,13,14). The molecule has 0 aromatic rings. The van der Waals surface area contributed by atoms with Gasteiger partial charge in [0.2, 0.25) is 0 Å². The van der Waals surface area contributed by atoms with Gasteiger partial charge in [-0.3, -0.25) is 0 Å². The molecular weight excluding hydrogens is 210 g/mol. The van der Waals surface area contributed by atoms with E-state index in [1.165, 1.54) is 0 Å². The van der Waals surface area contributed by atoms with E-state index in [2.05, 4.69) is 4.90 Å². The minimum atomic E-state index is -0.887. The van der Waals surface area contributed by atoms with Crippen molar-refractivity contribution >= 4 is 5.97 Å². The molecular formula is C11H21NO4. The van der Waals surface area contributed by atoms with E-state index in [0.29, 0.717) is 0 Å². The van der Waals surface area contributed by atoms with E-state index in [-0.39, 0.29) is 12.7 Å². The summed E-state index contributed by atoms with van der Waals surface area (Å²) in [6.45, 7) is 3.67. The molecule has 0 amide bonds. The van der Waals surface area contributed by atoms with Crippen molar-refractivity contribution in [3.8, 4) is 0 Å². The lowest BCUT2D eigenvalue weighted by Crippen LogP contribution is -2.38. The molecule has 0 aromatic heterocycles. The Labute approximate surface area is 96.3 Å². The van der Waals surface area contributed by atoms with Gasteiger partial charge < -0.3 is 19.5 Å². The summed E-state index contributed by atoms with van der Waals surface area (Å²) in [5.74, 6) is -0.887. The van der Waals surface area contributed by atoms with Gasteiger partial charge >= 0.3 is 5.97 Å². The number of ether oxygens (including phenoxy) is 2. The topological polar surface area (TPSA) is 59.0 Å². The van der Waals surface area contributed by atoms with E-state index in [9.17, 15) is 4.79 Å². The van der Waals surface area contributed by atoms with Crippen molar-refractivity contribution in [2.75, 3.05) is 40.0 Å². The molecule has 0 atom stereocenters. The Balaban J connectivity index is 2.06. The summed E-state index contributed by atoms with van der Waals surface area (Å²) in [7, 11) is 1.71. The van der Waals surface area contributed by atoms with Crippen LogP contribution < -0.4 is 0 Å². The Hall–Kier alpha value is -0.650. The summed E-state index contributed by atoms with van der Waals surface area (Å²) in [4.78, 5) is 12.7. The van der Waals surface area contributed by atoms with Crippen LogP contribution in [0.15, 0.2) is 0 Å². The molecule has 0 bridgehead atoms. The van der Waals surface area contributed by atoms with Crippen molar-refractivity contribution in [1.82, 2.24) is 4.90 Å². The van der Waals surface area contributed by atoms with Gasteiger partial charge in [-0.05, 0) is 19.3 Å². The van der Waals surface area contributed by atoms with Crippen LogP contribution in [-0.2, 0) is 14.3 Å². The maximum Gasteiger partial charge on any atom is 0.329 e. The van der Waals surface area contributed by atoms with Gasteiger partial charge in [0, 0.05) is 33.4 Å². The molecule has 5 heteroatoms. The Morgan fingerprint density at radius 2 is 2.12 bits per heavy atom. The van der Waals surface area contributed by atoms with E-state index in [1.807, 2.05) is 0 Å². The number of piperidine rings is 1. The fraction of sp³-hybridized carbons (Fsp3) is 0.909. The van der Waals surface area contributed by atoms with Crippen molar-refractivity contribution in [2.45, 2.75) is 25.4 Å². The zero-order valence-corrected chi connectivity index (χ0v) is 9.85.